The van der Waals surface area contributed by atoms with E-state index >= 15 is 0 Å². The van der Waals surface area contributed by atoms with E-state index in [0.29, 0.717) is 5.92 Å². The fourth-order valence-electron chi connectivity index (χ4n) is 11.3. The third kappa shape index (κ3) is 6.31. The molecule has 3 heterocycles. The lowest BCUT2D eigenvalue weighted by molar-refractivity contribution is 0.354. The average Bonchev–Trinajstić information content (AvgIpc) is 3.99. The summed E-state index contributed by atoms with van der Waals surface area (Å²) < 4.78 is 7.51. The van der Waals surface area contributed by atoms with E-state index < -0.39 is 0 Å². The molecule has 8 aromatic carbocycles. The summed E-state index contributed by atoms with van der Waals surface area (Å²) in [6.07, 6.45) is 2.10. The van der Waals surface area contributed by atoms with E-state index in [2.05, 4.69) is 225 Å². The topological polar surface area (TPSA) is 14.8 Å². The first-order valence-corrected chi connectivity index (χ1v) is 23.3. The Labute approximate surface area is 376 Å². The van der Waals surface area contributed by atoms with Crippen LogP contribution in [-0.2, 0) is 19.5 Å². The van der Waals surface area contributed by atoms with Crippen LogP contribution in [0.5, 0.6) is 0 Å². The van der Waals surface area contributed by atoms with E-state index in [1.165, 1.54) is 110 Å². The van der Waals surface area contributed by atoms with E-state index in [0.717, 1.165) is 25.9 Å². The number of hydrogen-bond donors (Lipinski definition) is 0. The average molecular weight is 830 g/mol. The summed E-state index contributed by atoms with van der Waals surface area (Å²) in [5, 5.41) is 7.89. The smallest absolute Gasteiger partial charge is 0.0541 e. The maximum Gasteiger partial charge on any atom is 0.0541 e. The van der Waals surface area contributed by atoms with Crippen molar-refractivity contribution >= 4 is 65.4 Å². The van der Waals surface area contributed by atoms with Gasteiger partial charge in [0.1, 0.15) is 0 Å². The number of nitrogens with zero attached hydrogens (tertiary/aromatic N) is 3. The predicted octanol–water partition coefficient (Wildman–Crippen LogP) is 16.5. The maximum absolute atomic E-state index is 2.53. The lowest BCUT2D eigenvalue weighted by Crippen LogP contribution is -2.15. The van der Waals surface area contributed by atoms with Gasteiger partial charge in [-0.3, -0.25) is 0 Å². The van der Waals surface area contributed by atoms with Gasteiger partial charge in [-0.2, -0.15) is 0 Å². The molecule has 64 heavy (non-hydrogen) atoms. The number of benzene rings is 8. The molecule has 0 bridgehead atoms. The quantitative estimate of drug-likeness (QED) is 0.152. The van der Waals surface area contributed by atoms with Gasteiger partial charge in [-0.05, 0) is 129 Å². The van der Waals surface area contributed by atoms with Crippen molar-refractivity contribution in [1.82, 2.24) is 13.7 Å². The summed E-state index contributed by atoms with van der Waals surface area (Å²) in [4.78, 5) is 0. The fourth-order valence-corrected chi connectivity index (χ4v) is 11.3. The molecule has 0 aliphatic heterocycles. The van der Waals surface area contributed by atoms with Gasteiger partial charge < -0.3 is 13.7 Å². The molecule has 3 nitrogen and oxygen atoms in total. The second-order valence-corrected chi connectivity index (χ2v) is 20.9. The lowest BCUT2D eigenvalue weighted by atomic mass is 9.89. The molecule has 3 heteroatoms. The highest BCUT2D eigenvalue weighted by molar-refractivity contribution is 6.13. The summed E-state index contributed by atoms with van der Waals surface area (Å²) in [6.45, 7) is 15.9. The molecular weight excluding hydrogens is 775 g/mol. The summed E-state index contributed by atoms with van der Waals surface area (Å²) in [5.41, 5.74) is 18.8. The molecule has 0 fully saturated rings. The van der Waals surface area contributed by atoms with Crippen molar-refractivity contribution in [2.24, 2.45) is 10.8 Å². The van der Waals surface area contributed by atoms with E-state index in [1.54, 1.807) is 0 Å². The Kier molecular flexibility index (Phi) is 8.69. The monoisotopic (exact) mass is 829 g/mol. The van der Waals surface area contributed by atoms with Gasteiger partial charge >= 0.3 is 0 Å². The predicted molar refractivity (Wildman–Crippen MR) is 273 cm³/mol. The van der Waals surface area contributed by atoms with Crippen molar-refractivity contribution in [3.63, 3.8) is 0 Å². The van der Waals surface area contributed by atoms with Crippen molar-refractivity contribution in [2.45, 2.75) is 73.4 Å². The van der Waals surface area contributed by atoms with Crippen LogP contribution in [0.2, 0.25) is 0 Å². The number of rotatable bonds is 7. The summed E-state index contributed by atoms with van der Waals surface area (Å²) in [5.74, 6) is 0.360. The van der Waals surface area contributed by atoms with Gasteiger partial charge in [-0.15, -0.1) is 0 Å². The van der Waals surface area contributed by atoms with Crippen LogP contribution in [0.25, 0.3) is 93.4 Å². The molecule has 1 aliphatic rings. The molecule has 0 saturated carbocycles. The maximum atomic E-state index is 2.53. The van der Waals surface area contributed by atoms with Crippen LogP contribution in [0.4, 0.5) is 0 Å². The highest BCUT2D eigenvalue weighted by atomic mass is 15.0. The van der Waals surface area contributed by atoms with E-state index in [9.17, 15) is 0 Å². The van der Waals surface area contributed by atoms with Crippen LogP contribution in [-0.4, -0.2) is 13.7 Å². The Hall–Kier alpha value is -6.84. The third-order valence-corrected chi connectivity index (χ3v) is 13.9. The van der Waals surface area contributed by atoms with E-state index in [1.807, 2.05) is 0 Å². The van der Waals surface area contributed by atoms with Crippen molar-refractivity contribution in [3.05, 3.63) is 187 Å². The molecule has 1 atom stereocenters. The summed E-state index contributed by atoms with van der Waals surface area (Å²) >= 11 is 0. The van der Waals surface area contributed by atoms with Crippen LogP contribution in [0.3, 0.4) is 0 Å². The number of aromatic nitrogens is 3. The number of fused-ring (bicyclic) bond motifs is 12. The van der Waals surface area contributed by atoms with Crippen molar-refractivity contribution < 1.29 is 0 Å². The van der Waals surface area contributed by atoms with Crippen LogP contribution in [0.1, 0.15) is 70.6 Å². The van der Waals surface area contributed by atoms with Gasteiger partial charge in [0.05, 0.1) is 11.0 Å². The lowest BCUT2D eigenvalue weighted by Gasteiger charge is -2.21. The fraction of sp³-hybridized carbons (Fsp3) is 0.213. The van der Waals surface area contributed by atoms with Gasteiger partial charge in [-0.25, -0.2) is 0 Å². The second kappa shape index (κ2) is 14.3. The van der Waals surface area contributed by atoms with Gasteiger partial charge in [0.25, 0.3) is 0 Å². The molecule has 1 aliphatic carbocycles. The standard InChI is InChI=1S/C61H55N3/c1-60(2,3)37-62-54-20-12-9-17-47(54)51-33-39(24-30-56(51)62)23-28-45-43-15-7-8-16-44(43)50-34-40(25-29-46(45)50)41-26-31-59-52(35-41)49-19-11-14-22-58(49)64(59)42-27-32-57-53(36-42)48-18-10-13-21-55(48)63(57)38-61(4,5)6/h7-22,24-27,29-36,45H,23,28,37-38H2,1-6H3. The Morgan fingerprint density at radius 3 is 1.56 bits per heavy atom. The summed E-state index contributed by atoms with van der Waals surface area (Å²) in [7, 11) is 0. The molecule has 11 aromatic rings. The third-order valence-electron chi connectivity index (χ3n) is 13.9. The summed E-state index contributed by atoms with van der Waals surface area (Å²) in [6, 6.07) is 64.5. The van der Waals surface area contributed by atoms with Gasteiger partial charge in [0.15, 0.2) is 0 Å². The minimum absolute atomic E-state index is 0.161. The Balaban J connectivity index is 0.898. The number of hydrogen-bond acceptors (Lipinski definition) is 0. The van der Waals surface area contributed by atoms with Crippen molar-refractivity contribution in [2.75, 3.05) is 0 Å². The van der Waals surface area contributed by atoms with Crippen LogP contribution in [0.15, 0.2) is 170 Å². The van der Waals surface area contributed by atoms with E-state index in [-0.39, 0.29) is 10.8 Å². The van der Waals surface area contributed by atoms with Gasteiger partial charge in [0.2, 0.25) is 0 Å². The molecular formula is C61H55N3. The van der Waals surface area contributed by atoms with Gasteiger partial charge in [-0.1, -0.05) is 145 Å². The van der Waals surface area contributed by atoms with Gasteiger partial charge in [0, 0.05) is 79.1 Å². The molecule has 1 unspecified atom stereocenters. The molecule has 12 rings (SSSR count). The zero-order chi connectivity index (χ0) is 43.5. The van der Waals surface area contributed by atoms with E-state index in [4.69, 9.17) is 0 Å². The Bertz CT molecular complexity index is 3650. The first kappa shape index (κ1) is 38.8. The molecule has 0 amide bonds. The van der Waals surface area contributed by atoms with Crippen LogP contribution < -0.4 is 0 Å². The van der Waals surface area contributed by atoms with Crippen LogP contribution >= 0.6 is 0 Å². The molecule has 0 N–H and O–H groups in total. The number of aryl methyl sites for hydroxylation is 1. The zero-order valence-electron chi connectivity index (χ0n) is 37.9. The highest BCUT2D eigenvalue weighted by Gasteiger charge is 2.29. The minimum atomic E-state index is 0.161. The molecule has 314 valence electrons. The first-order valence-electron chi connectivity index (χ1n) is 23.3. The normalized spacial score (nSPS) is 14.2. The number of para-hydroxylation sites is 3. The first-order chi connectivity index (χ1) is 31.0. The Morgan fingerprint density at radius 2 is 0.875 bits per heavy atom. The van der Waals surface area contributed by atoms with Crippen molar-refractivity contribution in [1.29, 1.82) is 0 Å². The highest BCUT2D eigenvalue weighted by Crippen LogP contribution is 2.49. The molecule has 0 saturated heterocycles. The molecule has 0 radical (unpaired) electrons. The SMILES string of the molecule is CC(C)(C)Cn1c2ccccc2c2cc(CCC3c4ccccc4-c4cc(-c5ccc6c(c5)c5ccccc5n6-c5ccc6c(c5)c5ccccc5n6CC(C)(C)C)ccc43)ccc21. The zero-order valence-corrected chi connectivity index (χ0v) is 37.9. The second-order valence-electron chi connectivity index (χ2n) is 20.9. The molecule has 3 aromatic heterocycles. The molecule has 0 spiro atoms. The van der Waals surface area contributed by atoms with Crippen molar-refractivity contribution in [3.8, 4) is 27.9 Å². The largest absolute Gasteiger partial charge is 0.340 e. The Morgan fingerprint density at radius 1 is 0.391 bits per heavy atom. The minimum Gasteiger partial charge on any atom is -0.340 e. The van der Waals surface area contributed by atoms with Crippen LogP contribution in [0, 0.1) is 10.8 Å².